The van der Waals surface area contributed by atoms with Crippen LogP contribution in [0.4, 0.5) is 10.5 Å². The van der Waals surface area contributed by atoms with Crippen molar-refractivity contribution in [1.82, 2.24) is 0 Å². The number of amides is 2. The molecule has 0 aromatic heterocycles. The molecule has 0 unspecified atom stereocenters. The molecular formula is C31H27N3O5. The Hall–Kier alpha value is -5.24. The summed E-state index contributed by atoms with van der Waals surface area (Å²) in [5, 5.41) is 2.86. The summed E-state index contributed by atoms with van der Waals surface area (Å²) in [7, 11) is 0. The van der Waals surface area contributed by atoms with E-state index in [1.165, 1.54) is 0 Å². The number of aliphatic imine (C=N–C) groups is 1. The van der Waals surface area contributed by atoms with E-state index in [-0.39, 0.29) is 25.0 Å². The average molecular weight is 522 g/mol. The maximum absolute atomic E-state index is 13.3. The number of nitrogens with one attached hydrogen (secondary N) is 1. The Morgan fingerprint density at radius 2 is 1.33 bits per heavy atom. The normalized spacial score (nSPS) is 10.9. The van der Waals surface area contributed by atoms with Gasteiger partial charge in [0.15, 0.2) is 0 Å². The number of hydrogen-bond acceptors (Lipinski definition) is 5. The first kappa shape index (κ1) is 26.8. The second kappa shape index (κ2) is 12.8. The van der Waals surface area contributed by atoms with Gasteiger partial charge in [0.1, 0.15) is 12.4 Å². The van der Waals surface area contributed by atoms with Crippen LogP contribution in [0.5, 0.6) is 0 Å². The summed E-state index contributed by atoms with van der Waals surface area (Å²) in [6.07, 6.45) is -0.770. The van der Waals surface area contributed by atoms with Crippen molar-refractivity contribution >= 4 is 29.5 Å². The summed E-state index contributed by atoms with van der Waals surface area (Å²) >= 11 is 0. The van der Waals surface area contributed by atoms with Crippen molar-refractivity contribution in [2.24, 2.45) is 10.7 Å². The van der Waals surface area contributed by atoms with E-state index in [9.17, 15) is 14.4 Å². The molecule has 3 N–H and O–H groups in total. The first-order valence-corrected chi connectivity index (χ1v) is 12.3. The molecule has 8 nitrogen and oxygen atoms in total. The molecule has 0 bridgehead atoms. The number of carbonyl (C=O) groups is 3. The maximum atomic E-state index is 13.3. The van der Waals surface area contributed by atoms with Gasteiger partial charge in [-0.05, 0) is 60.0 Å². The van der Waals surface area contributed by atoms with Crippen LogP contribution in [0, 0.1) is 0 Å². The van der Waals surface area contributed by atoms with Crippen LogP contribution in [0.25, 0.3) is 11.1 Å². The van der Waals surface area contributed by atoms with Crippen molar-refractivity contribution < 1.29 is 23.9 Å². The zero-order valence-corrected chi connectivity index (χ0v) is 21.3. The number of nitrogens with zero attached hydrogens (tertiary/aromatic N) is 1. The van der Waals surface area contributed by atoms with E-state index in [0.717, 1.165) is 5.56 Å². The van der Waals surface area contributed by atoms with E-state index in [1.807, 2.05) is 30.3 Å². The Morgan fingerprint density at radius 3 is 2.00 bits per heavy atom. The predicted octanol–water partition coefficient (Wildman–Crippen LogP) is 5.82. The van der Waals surface area contributed by atoms with Crippen molar-refractivity contribution in [3.05, 3.63) is 125 Å². The minimum atomic E-state index is -0.770. The second-order valence-corrected chi connectivity index (χ2v) is 8.38. The van der Waals surface area contributed by atoms with E-state index >= 15 is 0 Å². The smallest absolute Gasteiger partial charge is 0.435 e. The SMILES string of the molecule is CCOC(=O)N=C(N)c1ccc(NC(=O)c2ccccc2-c2ccccc2C(=O)OCc2ccccc2)cc1. The number of hydrogen-bond donors (Lipinski definition) is 2. The van der Waals surface area contributed by atoms with Gasteiger partial charge in [-0.2, -0.15) is 4.99 Å². The van der Waals surface area contributed by atoms with Gasteiger partial charge in [-0.25, -0.2) is 9.59 Å². The van der Waals surface area contributed by atoms with Crippen LogP contribution >= 0.6 is 0 Å². The highest BCUT2D eigenvalue weighted by Crippen LogP contribution is 2.29. The Balaban J connectivity index is 1.53. The van der Waals surface area contributed by atoms with Gasteiger partial charge in [0.2, 0.25) is 0 Å². The molecule has 196 valence electrons. The van der Waals surface area contributed by atoms with Gasteiger partial charge >= 0.3 is 12.1 Å². The van der Waals surface area contributed by atoms with Crippen LogP contribution in [0.2, 0.25) is 0 Å². The predicted molar refractivity (Wildman–Crippen MR) is 150 cm³/mol. The number of nitrogens with two attached hydrogens (primary N) is 1. The van der Waals surface area contributed by atoms with Gasteiger partial charge < -0.3 is 20.5 Å². The van der Waals surface area contributed by atoms with Crippen molar-refractivity contribution in [3.63, 3.8) is 0 Å². The molecule has 0 radical (unpaired) electrons. The molecule has 39 heavy (non-hydrogen) atoms. The average Bonchev–Trinajstić information content (AvgIpc) is 2.97. The van der Waals surface area contributed by atoms with Gasteiger partial charge in [-0.3, -0.25) is 4.79 Å². The highest BCUT2D eigenvalue weighted by atomic mass is 16.5. The quantitative estimate of drug-likeness (QED) is 0.171. The van der Waals surface area contributed by atoms with Crippen molar-refractivity contribution in [2.45, 2.75) is 13.5 Å². The third-order valence-corrected chi connectivity index (χ3v) is 5.74. The van der Waals surface area contributed by atoms with Gasteiger partial charge in [0.05, 0.1) is 12.2 Å². The van der Waals surface area contributed by atoms with Crippen LogP contribution in [0.1, 0.15) is 38.8 Å². The van der Waals surface area contributed by atoms with E-state index in [0.29, 0.717) is 33.5 Å². The van der Waals surface area contributed by atoms with Gasteiger partial charge in [0, 0.05) is 16.8 Å². The molecular weight excluding hydrogens is 494 g/mol. The molecule has 0 aliphatic carbocycles. The fraction of sp³-hybridized carbons (Fsp3) is 0.0968. The van der Waals surface area contributed by atoms with Crippen molar-refractivity contribution in [3.8, 4) is 11.1 Å². The molecule has 4 aromatic rings. The fourth-order valence-electron chi connectivity index (χ4n) is 3.85. The molecule has 0 aliphatic heterocycles. The summed E-state index contributed by atoms with van der Waals surface area (Å²) in [5.74, 6) is -0.839. The molecule has 0 heterocycles. The lowest BCUT2D eigenvalue weighted by molar-refractivity contribution is 0.0473. The zero-order valence-electron chi connectivity index (χ0n) is 21.3. The van der Waals surface area contributed by atoms with Gasteiger partial charge in [-0.1, -0.05) is 66.7 Å². The van der Waals surface area contributed by atoms with Crippen LogP contribution in [0.3, 0.4) is 0 Å². The molecule has 0 atom stereocenters. The molecule has 4 rings (SSSR count). The van der Waals surface area contributed by atoms with Crippen molar-refractivity contribution in [2.75, 3.05) is 11.9 Å². The lowest BCUT2D eigenvalue weighted by atomic mass is 9.95. The Kier molecular flexibility index (Phi) is 8.82. The Labute approximate surface area is 226 Å². The lowest BCUT2D eigenvalue weighted by Gasteiger charge is -2.14. The molecule has 8 heteroatoms. The first-order valence-electron chi connectivity index (χ1n) is 12.3. The second-order valence-electron chi connectivity index (χ2n) is 8.38. The number of amidine groups is 1. The number of esters is 1. The van der Waals surface area contributed by atoms with Crippen LogP contribution in [-0.4, -0.2) is 30.4 Å². The standard InChI is InChI=1S/C31H27N3O5/c1-2-38-31(37)34-28(32)22-16-18-23(19-17-22)33-29(35)26-14-8-6-12-24(26)25-13-7-9-15-27(25)30(36)39-20-21-10-4-3-5-11-21/h3-19H,2,20H2,1H3,(H,33,35)(H2,32,34,37). The summed E-state index contributed by atoms with van der Waals surface area (Å²) in [6.45, 7) is 2.01. The zero-order chi connectivity index (χ0) is 27.6. The van der Waals surface area contributed by atoms with Crippen LogP contribution in [-0.2, 0) is 16.1 Å². The maximum Gasteiger partial charge on any atom is 0.435 e. The third kappa shape index (κ3) is 6.95. The summed E-state index contributed by atoms with van der Waals surface area (Å²) in [4.78, 5) is 41.5. The topological polar surface area (TPSA) is 120 Å². The Bertz CT molecular complexity index is 1500. The fourth-order valence-corrected chi connectivity index (χ4v) is 3.85. The highest BCUT2D eigenvalue weighted by molar-refractivity contribution is 6.10. The molecule has 0 saturated heterocycles. The minimum absolute atomic E-state index is 0.00688. The van der Waals surface area contributed by atoms with E-state index in [2.05, 4.69) is 10.3 Å². The Morgan fingerprint density at radius 1 is 0.744 bits per heavy atom. The largest absolute Gasteiger partial charge is 0.457 e. The molecule has 0 saturated carbocycles. The van der Waals surface area contributed by atoms with E-state index in [4.69, 9.17) is 15.2 Å². The highest BCUT2D eigenvalue weighted by Gasteiger charge is 2.19. The number of carbonyl (C=O) groups excluding carboxylic acids is 3. The molecule has 0 spiro atoms. The van der Waals surface area contributed by atoms with Gasteiger partial charge in [-0.15, -0.1) is 0 Å². The lowest BCUT2D eigenvalue weighted by Crippen LogP contribution is -2.17. The molecule has 0 aliphatic rings. The minimum Gasteiger partial charge on any atom is -0.457 e. The number of rotatable bonds is 8. The molecule has 0 fully saturated rings. The van der Waals surface area contributed by atoms with E-state index in [1.54, 1.807) is 79.7 Å². The summed E-state index contributed by atoms with van der Waals surface area (Å²) < 4.78 is 10.3. The van der Waals surface area contributed by atoms with Gasteiger partial charge in [0.25, 0.3) is 5.91 Å². The number of ether oxygens (including phenoxy) is 2. The summed E-state index contributed by atoms with van der Waals surface area (Å²) in [5.41, 5.74) is 9.67. The monoisotopic (exact) mass is 521 g/mol. The summed E-state index contributed by atoms with van der Waals surface area (Å²) in [6, 6.07) is 30.0. The third-order valence-electron chi connectivity index (χ3n) is 5.74. The van der Waals surface area contributed by atoms with Crippen LogP contribution in [0.15, 0.2) is 108 Å². The number of anilines is 1. The first-order chi connectivity index (χ1) is 19.0. The molecule has 4 aromatic carbocycles. The molecule has 2 amide bonds. The van der Waals surface area contributed by atoms with Crippen molar-refractivity contribution in [1.29, 1.82) is 0 Å². The van der Waals surface area contributed by atoms with Crippen LogP contribution < -0.4 is 11.1 Å². The van der Waals surface area contributed by atoms with E-state index < -0.39 is 12.1 Å². The number of benzene rings is 4.